The second-order valence-electron chi connectivity index (χ2n) is 3.81. The summed E-state index contributed by atoms with van der Waals surface area (Å²) in [5, 5.41) is 24.7. The third-order valence-corrected chi connectivity index (χ3v) is 2.57. The van der Waals surface area contributed by atoms with Crippen LogP contribution in [0.1, 0.15) is 16.1 Å². The number of carboxylic acids is 1. The fourth-order valence-electron chi connectivity index (χ4n) is 1.79. The summed E-state index contributed by atoms with van der Waals surface area (Å²) in [4.78, 5) is 10.8. The number of carboxylic acid groups (broad SMARTS) is 1. The van der Waals surface area contributed by atoms with Gasteiger partial charge in [0, 0.05) is 11.6 Å². The van der Waals surface area contributed by atoms with Crippen molar-refractivity contribution in [1.29, 1.82) is 0 Å². The average molecular weight is 248 g/mol. The molecule has 0 aliphatic rings. The second kappa shape index (κ2) is 4.40. The van der Waals surface area contributed by atoms with Crippen LogP contribution in [0.3, 0.4) is 0 Å². The molecule has 1 heterocycles. The molecule has 0 unspecified atom stereocenters. The lowest BCUT2D eigenvalue weighted by molar-refractivity contribution is 0.0690. The zero-order valence-electron chi connectivity index (χ0n) is 9.89. The minimum Gasteiger partial charge on any atom is -0.508 e. The summed E-state index contributed by atoms with van der Waals surface area (Å²) >= 11 is 0. The number of aryl methyl sites for hydroxylation is 1. The number of carbonyl (C=O) groups is 1. The van der Waals surface area contributed by atoms with E-state index in [1.807, 2.05) is 0 Å². The highest BCUT2D eigenvalue weighted by Crippen LogP contribution is 2.35. The van der Waals surface area contributed by atoms with E-state index in [4.69, 9.17) is 9.84 Å². The molecular weight excluding hydrogens is 236 g/mol. The van der Waals surface area contributed by atoms with Crippen LogP contribution < -0.4 is 4.74 Å². The maximum Gasteiger partial charge on any atom is 0.353 e. The Morgan fingerprint density at radius 3 is 2.67 bits per heavy atom. The van der Waals surface area contributed by atoms with Gasteiger partial charge in [-0.05, 0) is 24.6 Å². The molecular formula is C12H12N2O4. The van der Waals surface area contributed by atoms with Crippen LogP contribution in [-0.4, -0.2) is 33.5 Å². The van der Waals surface area contributed by atoms with E-state index in [1.54, 1.807) is 13.0 Å². The Hall–Kier alpha value is -2.50. The molecule has 18 heavy (non-hydrogen) atoms. The number of H-pyrrole nitrogens is 1. The van der Waals surface area contributed by atoms with Gasteiger partial charge in [-0.15, -0.1) is 0 Å². The third-order valence-electron chi connectivity index (χ3n) is 2.57. The van der Waals surface area contributed by atoms with E-state index >= 15 is 0 Å². The zero-order chi connectivity index (χ0) is 13.3. The van der Waals surface area contributed by atoms with E-state index in [1.165, 1.54) is 19.2 Å². The molecule has 2 aromatic rings. The number of aromatic amines is 1. The van der Waals surface area contributed by atoms with Crippen LogP contribution in [0.5, 0.6) is 11.5 Å². The first-order valence-electron chi connectivity index (χ1n) is 5.19. The van der Waals surface area contributed by atoms with Crippen molar-refractivity contribution in [2.45, 2.75) is 6.92 Å². The lowest BCUT2D eigenvalue weighted by Gasteiger charge is -2.09. The number of phenolic OH excluding ortho intramolecular Hbond substituents is 1. The van der Waals surface area contributed by atoms with E-state index < -0.39 is 5.97 Å². The lowest BCUT2D eigenvalue weighted by atomic mass is 10.0. The van der Waals surface area contributed by atoms with Crippen LogP contribution in [-0.2, 0) is 0 Å². The fraction of sp³-hybridized carbons (Fsp3) is 0.167. The first kappa shape index (κ1) is 12.0. The number of nitrogens with zero attached hydrogens (tertiary/aromatic N) is 1. The highest BCUT2D eigenvalue weighted by Gasteiger charge is 2.16. The van der Waals surface area contributed by atoms with E-state index in [0.717, 1.165) is 5.56 Å². The van der Waals surface area contributed by atoms with E-state index in [0.29, 0.717) is 17.0 Å². The van der Waals surface area contributed by atoms with Gasteiger partial charge < -0.3 is 14.9 Å². The smallest absolute Gasteiger partial charge is 0.353 e. The maximum atomic E-state index is 10.8. The van der Waals surface area contributed by atoms with Gasteiger partial charge in [0.2, 0.25) is 0 Å². The van der Waals surface area contributed by atoms with Crippen molar-refractivity contribution in [1.82, 2.24) is 10.2 Å². The van der Waals surface area contributed by atoms with Crippen molar-refractivity contribution < 1.29 is 19.7 Å². The third kappa shape index (κ3) is 2.00. The van der Waals surface area contributed by atoms with Crippen LogP contribution in [0.2, 0.25) is 0 Å². The summed E-state index contributed by atoms with van der Waals surface area (Å²) in [7, 11) is 1.47. The van der Waals surface area contributed by atoms with Gasteiger partial charge in [0.1, 0.15) is 17.2 Å². The maximum absolute atomic E-state index is 10.8. The number of aromatic hydroxyl groups is 1. The average Bonchev–Trinajstić information content (AvgIpc) is 2.77. The number of methoxy groups -OCH3 is 1. The van der Waals surface area contributed by atoms with Gasteiger partial charge in [-0.25, -0.2) is 4.79 Å². The Kier molecular flexibility index (Phi) is 2.93. The molecule has 0 fully saturated rings. The number of hydrogen-bond donors (Lipinski definition) is 3. The predicted octanol–water partition coefficient (Wildman–Crippen LogP) is 1.80. The van der Waals surface area contributed by atoms with Crippen molar-refractivity contribution >= 4 is 5.97 Å². The van der Waals surface area contributed by atoms with Gasteiger partial charge in [0.25, 0.3) is 0 Å². The molecule has 0 saturated carbocycles. The minimum atomic E-state index is -1.08. The van der Waals surface area contributed by atoms with Crippen LogP contribution in [0, 0.1) is 6.92 Å². The minimum absolute atomic E-state index is 0.000437. The summed E-state index contributed by atoms with van der Waals surface area (Å²) < 4.78 is 5.17. The molecule has 0 amide bonds. The van der Waals surface area contributed by atoms with Crippen molar-refractivity contribution in [2.24, 2.45) is 0 Å². The fourth-order valence-corrected chi connectivity index (χ4v) is 1.79. The van der Waals surface area contributed by atoms with Gasteiger partial charge in [-0.2, -0.15) is 5.10 Å². The predicted molar refractivity (Wildman–Crippen MR) is 63.9 cm³/mol. The quantitative estimate of drug-likeness (QED) is 0.769. The molecule has 0 radical (unpaired) electrons. The number of rotatable bonds is 3. The van der Waals surface area contributed by atoms with Crippen LogP contribution in [0.15, 0.2) is 18.2 Å². The standard InChI is InChI=1S/C12H12N2O4/c1-6-3-7(15)4-10(18-2)11(6)8-5-9(12(16)17)14-13-8/h3-5,15H,1-2H3,(H,13,14)(H,16,17). The molecule has 2 rings (SSSR count). The van der Waals surface area contributed by atoms with E-state index in [9.17, 15) is 9.90 Å². The van der Waals surface area contributed by atoms with Crippen LogP contribution in [0.4, 0.5) is 0 Å². The molecule has 6 nitrogen and oxygen atoms in total. The molecule has 6 heteroatoms. The summed E-state index contributed by atoms with van der Waals surface area (Å²) in [6.45, 7) is 1.78. The number of aromatic carboxylic acids is 1. The Labute approximate surface area is 103 Å². The normalized spacial score (nSPS) is 10.3. The molecule has 0 atom stereocenters. The highest BCUT2D eigenvalue weighted by molar-refractivity contribution is 5.87. The van der Waals surface area contributed by atoms with Gasteiger partial charge in [0.05, 0.1) is 12.8 Å². The van der Waals surface area contributed by atoms with Gasteiger partial charge in [-0.3, -0.25) is 5.10 Å². The van der Waals surface area contributed by atoms with Crippen molar-refractivity contribution in [3.8, 4) is 22.8 Å². The van der Waals surface area contributed by atoms with Crippen molar-refractivity contribution in [3.63, 3.8) is 0 Å². The second-order valence-corrected chi connectivity index (χ2v) is 3.81. The summed E-state index contributed by atoms with van der Waals surface area (Å²) in [5.74, 6) is -0.554. The van der Waals surface area contributed by atoms with Gasteiger partial charge >= 0.3 is 5.97 Å². The number of nitrogens with one attached hydrogen (secondary N) is 1. The van der Waals surface area contributed by atoms with E-state index in [-0.39, 0.29) is 11.4 Å². The largest absolute Gasteiger partial charge is 0.508 e. The Balaban J connectivity index is 2.58. The first-order chi connectivity index (χ1) is 8.52. The van der Waals surface area contributed by atoms with Crippen LogP contribution in [0.25, 0.3) is 11.3 Å². The zero-order valence-corrected chi connectivity index (χ0v) is 9.89. The van der Waals surface area contributed by atoms with Gasteiger partial charge in [-0.1, -0.05) is 0 Å². The SMILES string of the molecule is COc1cc(O)cc(C)c1-c1cc(C(=O)O)[nH]n1. The number of aromatic nitrogens is 2. The van der Waals surface area contributed by atoms with Crippen LogP contribution >= 0.6 is 0 Å². The molecule has 94 valence electrons. The molecule has 0 bridgehead atoms. The van der Waals surface area contributed by atoms with Crippen molar-refractivity contribution in [3.05, 3.63) is 29.5 Å². The number of hydrogen-bond acceptors (Lipinski definition) is 4. The summed E-state index contributed by atoms with van der Waals surface area (Å²) in [6.07, 6.45) is 0. The molecule has 1 aromatic carbocycles. The lowest BCUT2D eigenvalue weighted by Crippen LogP contribution is -1.95. The Morgan fingerprint density at radius 1 is 1.39 bits per heavy atom. The first-order valence-corrected chi connectivity index (χ1v) is 5.19. The number of benzene rings is 1. The topological polar surface area (TPSA) is 95.4 Å². The Morgan fingerprint density at radius 2 is 2.11 bits per heavy atom. The summed E-state index contributed by atoms with van der Waals surface area (Å²) in [6, 6.07) is 4.44. The Bertz CT molecular complexity index is 604. The molecule has 0 saturated heterocycles. The summed E-state index contributed by atoms with van der Waals surface area (Å²) in [5.41, 5.74) is 1.86. The molecule has 0 aliphatic heterocycles. The molecule has 0 aliphatic carbocycles. The van der Waals surface area contributed by atoms with Crippen molar-refractivity contribution in [2.75, 3.05) is 7.11 Å². The van der Waals surface area contributed by atoms with E-state index in [2.05, 4.69) is 10.2 Å². The highest BCUT2D eigenvalue weighted by atomic mass is 16.5. The molecule has 3 N–H and O–H groups in total. The number of ether oxygens (including phenoxy) is 1. The monoisotopic (exact) mass is 248 g/mol. The van der Waals surface area contributed by atoms with Gasteiger partial charge in [0.15, 0.2) is 0 Å². The molecule has 1 aromatic heterocycles. The molecule has 0 spiro atoms. The number of phenols is 1.